The van der Waals surface area contributed by atoms with Gasteiger partial charge in [0, 0.05) is 37.5 Å². The number of aromatic nitrogens is 2. The number of benzene rings is 2. The molecule has 0 spiro atoms. The fourth-order valence-corrected chi connectivity index (χ4v) is 4.96. The molecule has 1 saturated carbocycles. The van der Waals surface area contributed by atoms with Crippen molar-refractivity contribution in [2.75, 3.05) is 7.11 Å². The molecule has 1 unspecified atom stereocenters. The van der Waals surface area contributed by atoms with Crippen LogP contribution in [-0.2, 0) is 28.3 Å². The molecule has 174 valence electrons. The van der Waals surface area contributed by atoms with Crippen molar-refractivity contribution in [3.05, 3.63) is 77.9 Å². The maximum Gasteiger partial charge on any atom is 0.240 e. The van der Waals surface area contributed by atoms with Crippen LogP contribution in [0.2, 0.25) is 0 Å². The van der Waals surface area contributed by atoms with Crippen molar-refractivity contribution in [3.63, 3.8) is 0 Å². The van der Waals surface area contributed by atoms with E-state index in [-0.39, 0.29) is 23.3 Å². The number of imidazole rings is 1. The van der Waals surface area contributed by atoms with Gasteiger partial charge in [-0.05, 0) is 43.0 Å². The Kier molecular flexibility index (Phi) is 6.80. The van der Waals surface area contributed by atoms with Crippen LogP contribution in [0, 0.1) is 0 Å². The molecule has 3 aromatic rings. The van der Waals surface area contributed by atoms with E-state index < -0.39 is 16.1 Å². The summed E-state index contributed by atoms with van der Waals surface area (Å²) in [5.41, 5.74) is 1.71. The Hall–Kier alpha value is -3.17. The normalized spacial score (nSPS) is 14.6. The van der Waals surface area contributed by atoms with E-state index in [1.807, 2.05) is 42.1 Å². The van der Waals surface area contributed by atoms with Crippen molar-refractivity contribution < 1.29 is 17.9 Å². The van der Waals surface area contributed by atoms with Gasteiger partial charge >= 0.3 is 0 Å². The number of nitrogens with zero attached hydrogens (tertiary/aromatic N) is 2. The highest BCUT2D eigenvalue weighted by atomic mass is 32.2. The Morgan fingerprint density at radius 1 is 1.18 bits per heavy atom. The van der Waals surface area contributed by atoms with Crippen molar-refractivity contribution in [1.82, 2.24) is 19.6 Å². The molecule has 1 fully saturated rings. The molecule has 9 heteroatoms. The van der Waals surface area contributed by atoms with Crippen molar-refractivity contribution in [1.29, 1.82) is 0 Å². The standard InChI is InChI=1S/C24H28N4O4S/c1-28-16-15-25-24(28)23(20-5-3-4-6-21(20)32-2)26-22(29)14-9-17-7-12-19(13-8-17)33(30,31)27-18-10-11-18/h3-8,12-13,15-16,18,23,27H,9-11,14H2,1-2H3,(H,26,29). The maximum absolute atomic E-state index is 12.9. The predicted octanol–water partition coefficient (Wildman–Crippen LogP) is 2.71. The molecule has 33 heavy (non-hydrogen) atoms. The first-order valence-electron chi connectivity index (χ1n) is 10.9. The second kappa shape index (κ2) is 9.76. The third-order valence-corrected chi connectivity index (χ3v) is 7.18. The highest BCUT2D eigenvalue weighted by Gasteiger charge is 2.28. The van der Waals surface area contributed by atoms with Gasteiger partial charge in [0.1, 0.15) is 17.6 Å². The third-order valence-electron chi connectivity index (χ3n) is 5.65. The largest absolute Gasteiger partial charge is 0.496 e. The minimum absolute atomic E-state index is 0.0632. The number of para-hydroxylation sites is 1. The van der Waals surface area contributed by atoms with Crippen LogP contribution in [0.1, 0.15) is 42.3 Å². The molecule has 1 aliphatic carbocycles. The number of ether oxygens (including phenoxy) is 1. The van der Waals surface area contributed by atoms with Gasteiger partial charge in [-0.25, -0.2) is 18.1 Å². The molecular weight excluding hydrogens is 440 g/mol. The van der Waals surface area contributed by atoms with Crippen molar-refractivity contribution in [2.45, 2.75) is 42.7 Å². The molecule has 4 rings (SSSR count). The van der Waals surface area contributed by atoms with Gasteiger partial charge in [0.05, 0.1) is 12.0 Å². The number of aryl methyl sites for hydroxylation is 2. The minimum atomic E-state index is -3.48. The zero-order valence-corrected chi connectivity index (χ0v) is 19.5. The molecule has 0 saturated heterocycles. The van der Waals surface area contributed by atoms with Crippen molar-refractivity contribution >= 4 is 15.9 Å². The average Bonchev–Trinajstić information content (AvgIpc) is 3.52. The molecule has 1 heterocycles. The quantitative estimate of drug-likeness (QED) is 0.476. The number of sulfonamides is 1. The monoisotopic (exact) mass is 468 g/mol. The third kappa shape index (κ3) is 5.61. The predicted molar refractivity (Wildman–Crippen MR) is 124 cm³/mol. The lowest BCUT2D eigenvalue weighted by molar-refractivity contribution is -0.121. The van der Waals surface area contributed by atoms with Crippen LogP contribution >= 0.6 is 0 Å². The van der Waals surface area contributed by atoms with Crippen LogP contribution in [0.3, 0.4) is 0 Å². The first-order valence-corrected chi connectivity index (χ1v) is 12.4. The fraction of sp³-hybridized carbons (Fsp3) is 0.333. The first kappa shape index (κ1) is 23.0. The Morgan fingerprint density at radius 2 is 1.91 bits per heavy atom. The molecule has 1 amide bonds. The van der Waals surface area contributed by atoms with Gasteiger partial charge in [-0.3, -0.25) is 4.79 Å². The molecule has 8 nitrogen and oxygen atoms in total. The Balaban J connectivity index is 1.43. The molecule has 0 bridgehead atoms. The summed E-state index contributed by atoms with van der Waals surface area (Å²) >= 11 is 0. The van der Waals surface area contributed by atoms with Gasteiger partial charge in [-0.1, -0.05) is 30.3 Å². The summed E-state index contributed by atoms with van der Waals surface area (Å²) in [6.07, 6.45) is 6.04. The van der Waals surface area contributed by atoms with Gasteiger partial charge in [0.2, 0.25) is 15.9 Å². The van der Waals surface area contributed by atoms with Gasteiger partial charge in [0.15, 0.2) is 0 Å². The Morgan fingerprint density at radius 3 is 2.55 bits per heavy atom. The summed E-state index contributed by atoms with van der Waals surface area (Å²) in [6.45, 7) is 0. The summed E-state index contributed by atoms with van der Waals surface area (Å²) < 4.78 is 34.7. The fourth-order valence-electron chi connectivity index (χ4n) is 3.66. The van der Waals surface area contributed by atoms with Crippen LogP contribution < -0.4 is 14.8 Å². The summed E-state index contributed by atoms with van der Waals surface area (Å²) in [7, 11) is -0.000908. The van der Waals surface area contributed by atoms with Crippen LogP contribution in [0.15, 0.2) is 65.8 Å². The number of hydrogen-bond acceptors (Lipinski definition) is 5. The highest BCUT2D eigenvalue weighted by molar-refractivity contribution is 7.89. The zero-order chi connectivity index (χ0) is 23.4. The average molecular weight is 469 g/mol. The number of amides is 1. The molecule has 0 aliphatic heterocycles. The van der Waals surface area contributed by atoms with Crippen LogP contribution in [0.5, 0.6) is 5.75 Å². The molecule has 1 atom stereocenters. The second-order valence-corrected chi connectivity index (χ2v) is 9.89. The molecule has 2 N–H and O–H groups in total. The van der Waals surface area contributed by atoms with E-state index in [4.69, 9.17) is 4.74 Å². The number of nitrogens with one attached hydrogen (secondary N) is 2. The SMILES string of the molecule is COc1ccccc1C(NC(=O)CCc1ccc(S(=O)(=O)NC2CC2)cc1)c1nccn1C. The Labute approximate surface area is 194 Å². The molecule has 2 aromatic carbocycles. The number of methoxy groups -OCH3 is 1. The van der Waals surface area contributed by atoms with E-state index in [1.54, 1.807) is 37.6 Å². The summed E-state index contributed by atoms with van der Waals surface area (Å²) in [4.78, 5) is 17.5. The van der Waals surface area contributed by atoms with E-state index in [2.05, 4.69) is 15.0 Å². The number of hydrogen-bond donors (Lipinski definition) is 2. The molecule has 1 aliphatic rings. The topological polar surface area (TPSA) is 102 Å². The van der Waals surface area contributed by atoms with Crippen molar-refractivity contribution in [3.8, 4) is 5.75 Å². The van der Waals surface area contributed by atoms with E-state index in [1.165, 1.54) is 0 Å². The van der Waals surface area contributed by atoms with Gasteiger partial charge in [0.25, 0.3) is 0 Å². The lowest BCUT2D eigenvalue weighted by atomic mass is 10.0. The van der Waals surface area contributed by atoms with E-state index in [0.29, 0.717) is 18.0 Å². The van der Waals surface area contributed by atoms with Crippen LogP contribution in [0.25, 0.3) is 0 Å². The van der Waals surface area contributed by atoms with Crippen LogP contribution in [-0.4, -0.2) is 37.0 Å². The Bertz CT molecular complexity index is 1220. The van der Waals surface area contributed by atoms with E-state index >= 15 is 0 Å². The molecule has 1 aromatic heterocycles. The zero-order valence-electron chi connectivity index (χ0n) is 18.7. The van der Waals surface area contributed by atoms with Gasteiger partial charge < -0.3 is 14.6 Å². The first-order chi connectivity index (χ1) is 15.9. The second-order valence-electron chi connectivity index (χ2n) is 8.18. The summed E-state index contributed by atoms with van der Waals surface area (Å²) in [5.74, 6) is 1.23. The van der Waals surface area contributed by atoms with E-state index in [9.17, 15) is 13.2 Å². The molecular formula is C24H28N4O4S. The van der Waals surface area contributed by atoms with E-state index in [0.717, 1.165) is 24.0 Å². The molecule has 0 radical (unpaired) electrons. The number of rotatable bonds is 10. The minimum Gasteiger partial charge on any atom is -0.496 e. The lowest BCUT2D eigenvalue weighted by Crippen LogP contribution is -2.31. The van der Waals surface area contributed by atoms with Gasteiger partial charge in [-0.2, -0.15) is 0 Å². The smallest absolute Gasteiger partial charge is 0.240 e. The van der Waals surface area contributed by atoms with Crippen LogP contribution in [0.4, 0.5) is 0 Å². The number of carbonyl (C=O) groups is 1. The summed E-state index contributed by atoms with van der Waals surface area (Å²) in [5, 5.41) is 3.08. The maximum atomic E-state index is 12.9. The van der Waals surface area contributed by atoms with Gasteiger partial charge in [-0.15, -0.1) is 0 Å². The highest BCUT2D eigenvalue weighted by Crippen LogP contribution is 2.29. The summed E-state index contributed by atoms with van der Waals surface area (Å²) in [6, 6.07) is 13.8. The lowest BCUT2D eigenvalue weighted by Gasteiger charge is -2.21. The van der Waals surface area contributed by atoms with Crippen molar-refractivity contribution in [2.24, 2.45) is 7.05 Å². The number of carbonyl (C=O) groups excluding carboxylic acids is 1.